The van der Waals surface area contributed by atoms with Gasteiger partial charge in [0.2, 0.25) is 0 Å². The zero-order valence-corrected chi connectivity index (χ0v) is 40.6. The molecule has 74 heavy (non-hydrogen) atoms. The van der Waals surface area contributed by atoms with Crippen molar-refractivity contribution in [3.8, 4) is 66.8 Å². The van der Waals surface area contributed by atoms with Crippen molar-refractivity contribution in [1.29, 1.82) is 0 Å². The second-order valence-electron chi connectivity index (χ2n) is 19.9. The van der Waals surface area contributed by atoms with Crippen molar-refractivity contribution < 1.29 is 0 Å². The Bertz CT molecular complexity index is 4650. The minimum absolute atomic E-state index is 1.20. The second kappa shape index (κ2) is 17.0. The zero-order chi connectivity index (χ0) is 48.7. The summed E-state index contributed by atoms with van der Waals surface area (Å²) in [5.41, 5.74) is 14.9. The van der Waals surface area contributed by atoms with Gasteiger partial charge in [-0.3, -0.25) is 0 Å². The third-order valence-electron chi connectivity index (χ3n) is 15.8. The van der Waals surface area contributed by atoms with Gasteiger partial charge in [-0.15, -0.1) is 0 Å². The first-order valence-electron chi connectivity index (χ1n) is 25.7. The summed E-state index contributed by atoms with van der Waals surface area (Å²) >= 11 is 0. The Balaban J connectivity index is 0.826. The molecular formula is C74H46. The van der Waals surface area contributed by atoms with Crippen molar-refractivity contribution in [2.24, 2.45) is 0 Å². The fourth-order valence-corrected chi connectivity index (χ4v) is 12.3. The van der Waals surface area contributed by atoms with E-state index in [-0.39, 0.29) is 0 Å². The van der Waals surface area contributed by atoms with Gasteiger partial charge in [-0.2, -0.15) is 0 Å². The van der Waals surface area contributed by atoms with Crippen LogP contribution in [0.25, 0.3) is 153 Å². The molecule has 0 saturated heterocycles. The predicted octanol–water partition coefficient (Wildman–Crippen LogP) is 20.9. The molecule has 0 aliphatic carbocycles. The Hall–Kier alpha value is -9.62. The van der Waals surface area contributed by atoms with Crippen LogP contribution in [-0.4, -0.2) is 0 Å². The van der Waals surface area contributed by atoms with Crippen LogP contribution in [0.15, 0.2) is 279 Å². The topological polar surface area (TPSA) is 0 Å². The lowest BCUT2D eigenvalue weighted by molar-refractivity contribution is 1.63. The standard InChI is InChI=1S/C74H46/c1-2-16-53-42-56(39-30-47(53)14-1)72-67-23-9-11-25-69(67)74(70-26-12-10-24-68(70)72)58-41-32-49-29-38-55(44-60(49)46-58)54-37-28-48-31-40-57(45-59(48)43-54)73-65-21-7-5-19-63(65)71(64-20-6-8-22-66(64)73)52-35-33-51(34-36-52)62-27-13-17-50-15-3-4-18-61(50)62/h1-46H. The summed E-state index contributed by atoms with van der Waals surface area (Å²) in [6, 6.07) is 104. The first kappa shape index (κ1) is 42.1. The number of hydrogen-bond acceptors (Lipinski definition) is 0. The molecule has 0 fully saturated rings. The van der Waals surface area contributed by atoms with Gasteiger partial charge in [0.1, 0.15) is 0 Å². The Morgan fingerprint density at radius 3 is 0.838 bits per heavy atom. The number of hydrogen-bond donors (Lipinski definition) is 0. The SMILES string of the molecule is c1ccc2cc(-c3c4ccccc4c(-c4ccc5ccc(-c6ccc7ccc(-c8c9ccccc9c(-c9ccc(-c%10cccc%11ccccc%10%11)cc9)c9ccccc89)cc7c6)cc5c4)c4ccccc34)ccc2c1. The lowest BCUT2D eigenvalue weighted by Crippen LogP contribution is -1.91. The molecule has 0 atom stereocenters. The van der Waals surface area contributed by atoms with Crippen molar-refractivity contribution in [1.82, 2.24) is 0 Å². The van der Waals surface area contributed by atoms with E-state index in [1.807, 2.05) is 0 Å². The highest BCUT2D eigenvalue weighted by Gasteiger charge is 2.20. The van der Waals surface area contributed by atoms with Crippen LogP contribution in [0.4, 0.5) is 0 Å². The van der Waals surface area contributed by atoms with Gasteiger partial charge < -0.3 is 0 Å². The Morgan fingerprint density at radius 1 is 0.135 bits per heavy atom. The number of fused-ring (bicyclic) bond motifs is 8. The van der Waals surface area contributed by atoms with Crippen LogP contribution in [0.2, 0.25) is 0 Å². The minimum Gasteiger partial charge on any atom is -0.0616 e. The molecular weight excluding hydrogens is 889 g/mol. The van der Waals surface area contributed by atoms with Gasteiger partial charge in [0.25, 0.3) is 0 Å². The largest absolute Gasteiger partial charge is 0.0616 e. The third-order valence-corrected chi connectivity index (χ3v) is 15.8. The normalized spacial score (nSPS) is 11.8. The maximum atomic E-state index is 2.41. The lowest BCUT2D eigenvalue weighted by atomic mass is 9.85. The lowest BCUT2D eigenvalue weighted by Gasteiger charge is -2.18. The van der Waals surface area contributed by atoms with E-state index in [2.05, 4.69) is 279 Å². The maximum Gasteiger partial charge on any atom is -0.00262 e. The fourth-order valence-electron chi connectivity index (χ4n) is 12.3. The summed E-state index contributed by atoms with van der Waals surface area (Å²) in [5.74, 6) is 0. The second-order valence-corrected chi connectivity index (χ2v) is 19.9. The molecule has 0 aliphatic rings. The average Bonchev–Trinajstić information content (AvgIpc) is 3.47. The number of benzene rings is 15. The molecule has 15 aromatic carbocycles. The van der Waals surface area contributed by atoms with Crippen LogP contribution in [0.3, 0.4) is 0 Å². The molecule has 0 N–H and O–H groups in total. The molecule has 15 aromatic rings. The summed E-state index contributed by atoms with van der Waals surface area (Å²) in [6.07, 6.45) is 0. The van der Waals surface area contributed by atoms with Gasteiger partial charge in [0.15, 0.2) is 0 Å². The van der Waals surface area contributed by atoms with Crippen molar-refractivity contribution in [3.05, 3.63) is 279 Å². The highest BCUT2D eigenvalue weighted by molar-refractivity contribution is 6.23. The summed E-state index contributed by atoms with van der Waals surface area (Å²) < 4.78 is 0. The van der Waals surface area contributed by atoms with E-state index >= 15 is 0 Å². The molecule has 0 aliphatic heterocycles. The summed E-state index contributed by atoms with van der Waals surface area (Å²) in [6.45, 7) is 0. The van der Waals surface area contributed by atoms with Gasteiger partial charge in [-0.25, -0.2) is 0 Å². The first-order chi connectivity index (χ1) is 36.7. The van der Waals surface area contributed by atoms with Crippen molar-refractivity contribution in [2.45, 2.75) is 0 Å². The van der Waals surface area contributed by atoms with E-state index in [4.69, 9.17) is 0 Å². The molecule has 0 radical (unpaired) electrons. The molecule has 15 rings (SSSR count). The van der Waals surface area contributed by atoms with Gasteiger partial charge in [0.05, 0.1) is 0 Å². The Kier molecular flexibility index (Phi) is 9.68. The Labute approximate surface area is 429 Å². The van der Waals surface area contributed by atoms with E-state index in [0.717, 1.165) is 0 Å². The zero-order valence-electron chi connectivity index (χ0n) is 40.6. The monoisotopic (exact) mass is 934 g/mol. The third kappa shape index (κ3) is 6.84. The average molecular weight is 935 g/mol. The van der Waals surface area contributed by atoms with Crippen molar-refractivity contribution in [2.75, 3.05) is 0 Å². The molecule has 0 amide bonds. The molecule has 0 heteroatoms. The van der Waals surface area contributed by atoms with E-state index in [0.29, 0.717) is 0 Å². The van der Waals surface area contributed by atoms with Crippen molar-refractivity contribution in [3.63, 3.8) is 0 Å². The van der Waals surface area contributed by atoms with Gasteiger partial charge >= 0.3 is 0 Å². The van der Waals surface area contributed by atoms with Crippen LogP contribution in [0.1, 0.15) is 0 Å². The van der Waals surface area contributed by atoms with Crippen molar-refractivity contribution >= 4 is 86.2 Å². The predicted molar refractivity (Wildman–Crippen MR) is 319 cm³/mol. The highest BCUT2D eigenvalue weighted by Crippen LogP contribution is 2.47. The molecule has 0 unspecified atom stereocenters. The maximum absolute atomic E-state index is 2.41. The van der Waals surface area contributed by atoms with E-state index in [9.17, 15) is 0 Å². The quantitative estimate of drug-likeness (QED) is 0.146. The molecule has 0 bridgehead atoms. The van der Waals surface area contributed by atoms with E-state index in [1.54, 1.807) is 0 Å². The molecule has 0 spiro atoms. The number of rotatable bonds is 6. The van der Waals surface area contributed by atoms with Crippen LogP contribution >= 0.6 is 0 Å². The summed E-state index contributed by atoms with van der Waals surface area (Å²) in [4.78, 5) is 0. The molecule has 0 heterocycles. The Morgan fingerprint density at radius 2 is 0.405 bits per heavy atom. The van der Waals surface area contributed by atoms with Crippen LogP contribution in [-0.2, 0) is 0 Å². The van der Waals surface area contributed by atoms with Crippen LogP contribution in [0.5, 0.6) is 0 Å². The molecule has 0 nitrogen and oxygen atoms in total. The van der Waals surface area contributed by atoms with Gasteiger partial charge in [-0.05, 0) is 183 Å². The summed E-state index contributed by atoms with van der Waals surface area (Å²) in [7, 11) is 0. The minimum atomic E-state index is 1.20. The summed E-state index contributed by atoms with van der Waals surface area (Å²) in [5, 5.41) is 20.0. The highest BCUT2D eigenvalue weighted by atomic mass is 14.2. The first-order valence-corrected chi connectivity index (χ1v) is 25.7. The van der Waals surface area contributed by atoms with E-state index in [1.165, 1.54) is 153 Å². The fraction of sp³-hybridized carbons (Fsp3) is 0. The van der Waals surface area contributed by atoms with Gasteiger partial charge in [0, 0.05) is 0 Å². The molecule has 0 saturated carbocycles. The molecule has 0 aromatic heterocycles. The molecule has 342 valence electrons. The smallest absolute Gasteiger partial charge is 0.00262 e. The van der Waals surface area contributed by atoms with Crippen LogP contribution < -0.4 is 0 Å². The van der Waals surface area contributed by atoms with E-state index < -0.39 is 0 Å². The van der Waals surface area contributed by atoms with Gasteiger partial charge in [-0.1, -0.05) is 249 Å². The van der Waals surface area contributed by atoms with Crippen LogP contribution in [0, 0.1) is 0 Å².